The topological polar surface area (TPSA) is 91.7 Å². The van der Waals surface area contributed by atoms with E-state index in [0.29, 0.717) is 16.3 Å². The van der Waals surface area contributed by atoms with Crippen LogP contribution in [-0.4, -0.2) is 24.4 Å². The molecule has 0 fully saturated rings. The number of benzene rings is 2. The normalized spacial score (nSPS) is 14.6. The summed E-state index contributed by atoms with van der Waals surface area (Å²) in [4.78, 5) is 16.7. The molecule has 2 aromatic carbocycles. The SMILES string of the molecule is O=C(NCc1ccc(F)cc1)C1=NN(c2ccc(Cl)cc2)c2ncccc2S1(=O)=O. The van der Waals surface area contributed by atoms with E-state index in [1.807, 2.05) is 0 Å². The summed E-state index contributed by atoms with van der Waals surface area (Å²) in [5, 5.41) is 7.70. The minimum Gasteiger partial charge on any atom is -0.346 e. The number of amides is 1. The highest BCUT2D eigenvalue weighted by atomic mass is 35.5. The molecule has 0 atom stereocenters. The molecule has 1 amide bonds. The van der Waals surface area contributed by atoms with Crippen molar-refractivity contribution in [3.8, 4) is 0 Å². The summed E-state index contributed by atoms with van der Waals surface area (Å²) in [6.45, 7) is 0.00843. The van der Waals surface area contributed by atoms with E-state index < -0.39 is 26.6 Å². The van der Waals surface area contributed by atoms with Gasteiger partial charge in [-0.1, -0.05) is 23.7 Å². The highest BCUT2D eigenvalue weighted by molar-refractivity contribution is 8.08. The van der Waals surface area contributed by atoms with Crippen molar-refractivity contribution in [2.45, 2.75) is 11.4 Å². The molecule has 0 saturated heterocycles. The summed E-state index contributed by atoms with van der Waals surface area (Å²) in [7, 11) is -4.19. The van der Waals surface area contributed by atoms with Crippen molar-refractivity contribution in [1.29, 1.82) is 0 Å². The molecule has 10 heteroatoms. The molecular weight excluding hydrogens is 431 g/mol. The number of hydrazone groups is 1. The van der Waals surface area contributed by atoms with Gasteiger partial charge in [0.15, 0.2) is 5.82 Å². The standard InChI is InChI=1S/C20H14ClFN4O3S/c21-14-5-9-16(10-6-14)26-18-17(2-1-11-23-18)30(28,29)20(25-26)19(27)24-12-13-3-7-15(22)8-4-13/h1-11H,12H2,(H,24,27). The average molecular weight is 445 g/mol. The van der Waals surface area contributed by atoms with Crippen molar-refractivity contribution in [3.05, 3.63) is 83.3 Å². The molecule has 30 heavy (non-hydrogen) atoms. The number of anilines is 2. The van der Waals surface area contributed by atoms with Crippen LogP contribution in [0.4, 0.5) is 15.9 Å². The molecule has 0 aliphatic carbocycles. The van der Waals surface area contributed by atoms with Gasteiger partial charge in [-0.05, 0) is 54.1 Å². The van der Waals surface area contributed by atoms with Crippen molar-refractivity contribution < 1.29 is 17.6 Å². The first-order valence-electron chi connectivity index (χ1n) is 8.73. The fourth-order valence-corrected chi connectivity index (χ4v) is 4.31. The van der Waals surface area contributed by atoms with Crippen LogP contribution in [-0.2, 0) is 21.2 Å². The molecule has 0 unspecified atom stereocenters. The molecule has 1 N–H and O–H groups in total. The zero-order valence-corrected chi connectivity index (χ0v) is 16.9. The van der Waals surface area contributed by atoms with Crippen molar-refractivity contribution in [2.24, 2.45) is 5.10 Å². The first-order valence-corrected chi connectivity index (χ1v) is 10.6. The van der Waals surface area contributed by atoms with Gasteiger partial charge >= 0.3 is 0 Å². The number of carbonyl (C=O) groups excluding carboxylic acids is 1. The van der Waals surface area contributed by atoms with E-state index in [1.165, 1.54) is 47.6 Å². The molecule has 152 valence electrons. The summed E-state index contributed by atoms with van der Waals surface area (Å²) in [5.74, 6) is -1.21. The Hall–Kier alpha value is -3.30. The largest absolute Gasteiger partial charge is 0.346 e. The van der Waals surface area contributed by atoms with Gasteiger partial charge in [0.25, 0.3) is 5.91 Å². The van der Waals surface area contributed by atoms with Gasteiger partial charge in [0, 0.05) is 17.8 Å². The van der Waals surface area contributed by atoms with Crippen LogP contribution in [0.2, 0.25) is 5.02 Å². The number of rotatable bonds is 4. The average Bonchev–Trinajstić information content (AvgIpc) is 2.74. The van der Waals surface area contributed by atoms with Crippen molar-refractivity contribution >= 4 is 43.9 Å². The predicted molar refractivity (Wildman–Crippen MR) is 111 cm³/mol. The fourth-order valence-electron chi connectivity index (χ4n) is 2.84. The maximum Gasteiger partial charge on any atom is 0.284 e. The number of pyridine rings is 1. The zero-order chi connectivity index (χ0) is 21.3. The van der Waals surface area contributed by atoms with Crippen molar-refractivity contribution in [2.75, 3.05) is 5.01 Å². The van der Waals surface area contributed by atoms with E-state index >= 15 is 0 Å². The number of sulfone groups is 1. The number of hydrogen-bond acceptors (Lipinski definition) is 6. The fraction of sp³-hybridized carbons (Fsp3) is 0.0500. The number of hydrogen-bond donors (Lipinski definition) is 1. The predicted octanol–water partition coefficient (Wildman–Crippen LogP) is 3.43. The lowest BCUT2D eigenvalue weighted by atomic mass is 10.2. The third-order valence-corrected chi connectivity index (χ3v) is 6.24. The number of halogens is 2. The Kier molecular flexibility index (Phi) is 5.23. The van der Waals surface area contributed by atoms with E-state index in [1.54, 1.807) is 24.3 Å². The molecule has 3 aromatic rings. The van der Waals surface area contributed by atoms with Gasteiger partial charge in [-0.25, -0.2) is 22.8 Å². The van der Waals surface area contributed by atoms with Crippen LogP contribution in [0.25, 0.3) is 0 Å². The third-order valence-electron chi connectivity index (χ3n) is 4.32. The Balaban J connectivity index is 1.71. The van der Waals surface area contributed by atoms with Crippen molar-refractivity contribution in [1.82, 2.24) is 10.3 Å². The van der Waals surface area contributed by atoms with Gasteiger partial charge < -0.3 is 5.32 Å². The van der Waals surface area contributed by atoms with E-state index in [2.05, 4.69) is 15.4 Å². The Bertz CT molecular complexity index is 1250. The molecule has 1 aliphatic heterocycles. The molecule has 0 radical (unpaired) electrons. The summed E-state index contributed by atoms with van der Waals surface area (Å²) in [6.07, 6.45) is 1.44. The lowest BCUT2D eigenvalue weighted by Crippen LogP contribution is -2.40. The Labute approximate surface area is 176 Å². The smallest absolute Gasteiger partial charge is 0.284 e. The third kappa shape index (κ3) is 3.77. The Morgan fingerprint density at radius 1 is 1.07 bits per heavy atom. The summed E-state index contributed by atoms with van der Waals surface area (Å²) in [5.41, 5.74) is 1.09. The van der Waals surface area contributed by atoms with E-state index in [4.69, 9.17) is 11.6 Å². The van der Waals surface area contributed by atoms with Gasteiger partial charge in [0.2, 0.25) is 14.9 Å². The van der Waals surface area contributed by atoms with Crippen LogP contribution in [0.5, 0.6) is 0 Å². The molecule has 1 aliphatic rings. The van der Waals surface area contributed by atoms with Crippen LogP contribution in [0.15, 0.2) is 76.9 Å². The maximum absolute atomic E-state index is 13.0. The number of carbonyl (C=O) groups is 1. The summed E-state index contributed by atoms with van der Waals surface area (Å²) < 4.78 is 39.0. The minimum atomic E-state index is -4.19. The van der Waals surface area contributed by atoms with Gasteiger partial charge in [0.05, 0.1) is 5.69 Å². The first kappa shape index (κ1) is 20.0. The lowest BCUT2D eigenvalue weighted by Gasteiger charge is -2.26. The number of fused-ring (bicyclic) bond motifs is 1. The van der Waals surface area contributed by atoms with Gasteiger partial charge in [0.1, 0.15) is 10.7 Å². The molecule has 4 rings (SSSR count). The second-order valence-electron chi connectivity index (χ2n) is 6.33. The number of nitrogens with one attached hydrogen (secondary N) is 1. The van der Waals surface area contributed by atoms with Crippen LogP contribution in [0.1, 0.15) is 5.56 Å². The van der Waals surface area contributed by atoms with E-state index in [9.17, 15) is 17.6 Å². The highest BCUT2D eigenvalue weighted by Crippen LogP contribution is 2.35. The molecule has 2 heterocycles. The number of nitrogens with zero attached hydrogens (tertiary/aromatic N) is 3. The Morgan fingerprint density at radius 3 is 2.47 bits per heavy atom. The second kappa shape index (κ2) is 7.85. The van der Waals surface area contributed by atoms with Crippen LogP contribution >= 0.6 is 11.6 Å². The molecule has 1 aromatic heterocycles. The molecule has 0 spiro atoms. The highest BCUT2D eigenvalue weighted by Gasteiger charge is 2.38. The minimum absolute atomic E-state index is 0.00843. The van der Waals surface area contributed by atoms with Crippen LogP contribution in [0, 0.1) is 5.82 Å². The van der Waals surface area contributed by atoms with Gasteiger partial charge in [-0.3, -0.25) is 4.79 Å². The lowest BCUT2D eigenvalue weighted by molar-refractivity contribution is -0.114. The molecular formula is C20H14ClFN4O3S. The summed E-state index contributed by atoms with van der Waals surface area (Å²) in [6, 6.07) is 14.8. The maximum atomic E-state index is 13.0. The molecule has 7 nitrogen and oxygen atoms in total. The molecule has 0 bridgehead atoms. The van der Waals surface area contributed by atoms with Crippen LogP contribution in [0.3, 0.4) is 0 Å². The Morgan fingerprint density at radius 2 is 1.77 bits per heavy atom. The van der Waals surface area contributed by atoms with E-state index in [0.717, 1.165) is 0 Å². The van der Waals surface area contributed by atoms with Crippen molar-refractivity contribution in [3.63, 3.8) is 0 Å². The summed E-state index contributed by atoms with van der Waals surface area (Å²) >= 11 is 5.93. The van der Waals surface area contributed by atoms with Gasteiger partial charge in [-0.15, -0.1) is 5.10 Å². The number of aromatic nitrogens is 1. The zero-order valence-electron chi connectivity index (χ0n) is 15.3. The van der Waals surface area contributed by atoms with E-state index in [-0.39, 0.29) is 17.3 Å². The second-order valence-corrected chi connectivity index (χ2v) is 8.60. The van der Waals surface area contributed by atoms with Crippen LogP contribution < -0.4 is 10.3 Å². The quantitative estimate of drug-likeness (QED) is 0.665. The van der Waals surface area contributed by atoms with Gasteiger partial charge in [-0.2, -0.15) is 0 Å². The molecule has 0 saturated carbocycles. The monoisotopic (exact) mass is 444 g/mol. The first-order chi connectivity index (χ1) is 14.4.